The number of amides is 3. The van der Waals surface area contributed by atoms with Crippen LogP contribution in [0.3, 0.4) is 0 Å². The van der Waals surface area contributed by atoms with E-state index < -0.39 is 28.5 Å². The Kier molecular flexibility index (Phi) is 4.66. The molecule has 11 nitrogen and oxygen atoms in total. The number of rotatable bonds is 4. The highest BCUT2D eigenvalue weighted by molar-refractivity contribution is 7.80. The van der Waals surface area contributed by atoms with Crippen LogP contribution in [0.2, 0.25) is 0 Å². The largest absolute Gasteiger partial charge is 0.418 e. The number of hydrogen-bond acceptors (Lipinski definition) is 7. The number of carbonyl (C=O) groups excluding carboxylic acids is 2. The van der Waals surface area contributed by atoms with Crippen molar-refractivity contribution >= 4 is 22.3 Å². The molecule has 3 fully saturated rings. The van der Waals surface area contributed by atoms with Gasteiger partial charge in [0.05, 0.1) is 6.04 Å². The van der Waals surface area contributed by atoms with Crippen LogP contribution in [0.4, 0.5) is 4.79 Å². The maximum Gasteiger partial charge on any atom is 0.418 e. The molecular formula is C12H21N5O6S. The average molecular weight is 363 g/mol. The summed E-state index contributed by atoms with van der Waals surface area (Å²) < 4.78 is 34.8. The van der Waals surface area contributed by atoms with Crippen molar-refractivity contribution < 1.29 is 26.8 Å². The van der Waals surface area contributed by atoms with Crippen molar-refractivity contribution in [2.24, 2.45) is 5.73 Å². The van der Waals surface area contributed by atoms with Crippen molar-refractivity contribution in [3.8, 4) is 0 Å². The molecule has 0 spiro atoms. The Morgan fingerprint density at radius 3 is 2.71 bits per heavy atom. The lowest BCUT2D eigenvalue weighted by atomic mass is 10.0. The summed E-state index contributed by atoms with van der Waals surface area (Å²) in [6.45, 7) is 1.42. The van der Waals surface area contributed by atoms with E-state index in [9.17, 15) is 18.0 Å². The van der Waals surface area contributed by atoms with E-state index in [1.807, 2.05) is 0 Å². The Morgan fingerprint density at radius 1 is 1.29 bits per heavy atom. The van der Waals surface area contributed by atoms with Gasteiger partial charge in [0.15, 0.2) is 0 Å². The molecule has 0 saturated carbocycles. The van der Waals surface area contributed by atoms with Crippen LogP contribution in [0, 0.1) is 0 Å². The first kappa shape index (κ1) is 17.4. The lowest BCUT2D eigenvalue weighted by Crippen LogP contribution is -2.57. The molecule has 3 aliphatic rings. The Labute approximate surface area is 139 Å². The molecule has 0 radical (unpaired) electrons. The van der Waals surface area contributed by atoms with Gasteiger partial charge in [0.2, 0.25) is 0 Å². The Balaban J connectivity index is 1.64. The van der Waals surface area contributed by atoms with Crippen LogP contribution >= 0.6 is 0 Å². The third-order valence-corrected chi connectivity index (χ3v) is 4.88. The fourth-order valence-corrected chi connectivity index (χ4v) is 3.83. The van der Waals surface area contributed by atoms with Crippen LogP contribution in [-0.4, -0.2) is 77.6 Å². The molecule has 3 aliphatic heterocycles. The number of piperidine rings is 2. The highest BCUT2D eigenvalue weighted by Gasteiger charge is 2.49. The topological polar surface area (TPSA) is 146 Å². The first-order chi connectivity index (χ1) is 11.2. The molecule has 3 saturated heterocycles. The normalized spacial score (nSPS) is 31.4. The summed E-state index contributed by atoms with van der Waals surface area (Å²) >= 11 is 0. The van der Waals surface area contributed by atoms with E-state index in [4.69, 9.17) is 10.3 Å². The first-order valence-corrected chi connectivity index (χ1v) is 9.19. The van der Waals surface area contributed by atoms with Crippen LogP contribution in [0.15, 0.2) is 0 Å². The van der Waals surface area contributed by atoms with Gasteiger partial charge in [-0.3, -0.25) is 14.8 Å². The number of hydrazine groups is 1. The molecule has 12 heteroatoms. The standard InChI is InChI=1S/C12H21N5O6S/c13-8-2-1-5-15(6-8)14-11(18)10-4-3-9-7-16(10)12(19)17(9)23-24(20,21)22/h8-10H,1-7,13H2,(H,14,18)(H,20,21,22)/t8?,9-,10+/m0/s1. The molecule has 0 aromatic carbocycles. The van der Waals surface area contributed by atoms with Crippen LogP contribution in [-0.2, 0) is 19.5 Å². The molecule has 3 heterocycles. The molecule has 3 rings (SSSR count). The van der Waals surface area contributed by atoms with Crippen molar-refractivity contribution in [1.29, 1.82) is 0 Å². The first-order valence-electron chi connectivity index (χ1n) is 7.82. The minimum absolute atomic E-state index is 0.00172. The van der Waals surface area contributed by atoms with Crippen LogP contribution < -0.4 is 11.2 Å². The zero-order valence-corrected chi connectivity index (χ0v) is 13.8. The second-order valence-corrected chi connectivity index (χ2v) is 7.34. The molecule has 1 unspecified atom stereocenters. The minimum Gasteiger partial charge on any atom is -0.326 e. The quantitative estimate of drug-likeness (QED) is 0.509. The zero-order valence-electron chi connectivity index (χ0n) is 13.0. The van der Waals surface area contributed by atoms with Crippen LogP contribution in [0.25, 0.3) is 0 Å². The molecule has 0 aromatic rings. The molecular weight excluding hydrogens is 342 g/mol. The molecule has 0 aromatic heterocycles. The second kappa shape index (κ2) is 6.44. The number of hydroxylamine groups is 2. The summed E-state index contributed by atoms with van der Waals surface area (Å²) in [5.41, 5.74) is 8.66. The van der Waals surface area contributed by atoms with E-state index in [0.29, 0.717) is 31.0 Å². The van der Waals surface area contributed by atoms with Gasteiger partial charge < -0.3 is 10.6 Å². The average Bonchev–Trinajstić information content (AvgIpc) is 2.71. The smallest absolute Gasteiger partial charge is 0.326 e. The summed E-state index contributed by atoms with van der Waals surface area (Å²) in [6.07, 6.45) is 2.57. The number of carbonyl (C=O) groups is 2. The summed E-state index contributed by atoms with van der Waals surface area (Å²) in [6, 6.07) is -1.96. The van der Waals surface area contributed by atoms with Crippen LogP contribution in [0.5, 0.6) is 0 Å². The molecule has 24 heavy (non-hydrogen) atoms. The molecule has 136 valence electrons. The highest BCUT2D eigenvalue weighted by atomic mass is 32.3. The summed E-state index contributed by atoms with van der Waals surface area (Å²) in [7, 11) is -4.79. The van der Waals surface area contributed by atoms with Crippen molar-refractivity contribution in [2.75, 3.05) is 19.6 Å². The van der Waals surface area contributed by atoms with E-state index in [0.717, 1.165) is 12.8 Å². The number of urea groups is 1. The predicted molar refractivity (Wildman–Crippen MR) is 80.3 cm³/mol. The molecule has 2 bridgehead atoms. The van der Waals surface area contributed by atoms with E-state index in [-0.39, 0.29) is 18.5 Å². The Morgan fingerprint density at radius 2 is 2.04 bits per heavy atom. The summed E-state index contributed by atoms with van der Waals surface area (Å²) in [5, 5.41) is 2.37. The fraction of sp³-hybridized carbons (Fsp3) is 0.833. The SMILES string of the molecule is NC1CCCN(NC(=O)[C@H]2CC[C@H]3CN2C(=O)N3OS(=O)(=O)O)C1. The van der Waals surface area contributed by atoms with Gasteiger partial charge in [-0.15, -0.1) is 4.28 Å². The lowest BCUT2D eigenvalue weighted by molar-refractivity contribution is -0.131. The number of fused-ring (bicyclic) bond motifs is 2. The van der Waals surface area contributed by atoms with Crippen molar-refractivity contribution in [3.05, 3.63) is 0 Å². The zero-order chi connectivity index (χ0) is 17.5. The lowest BCUT2D eigenvalue weighted by Gasteiger charge is -2.34. The number of hydrogen-bond donors (Lipinski definition) is 3. The molecule has 3 atom stereocenters. The highest BCUT2D eigenvalue weighted by Crippen LogP contribution is 2.30. The van der Waals surface area contributed by atoms with E-state index >= 15 is 0 Å². The van der Waals surface area contributed by atoms with Gasteiger partial charge >= 0.3 is 16.4 Å². The summed E-state index contributed by atoms with van der Waals surface area (Å²) in [4.78, 5) is 26.0. The van der Waals surface area contributed by atoms with Gasteiger partial charge in [0.25, 0.3) is 5.91 Å². The second-order valence-electron chi connectivity index (χ2n) is 6.33. The van der Waals surface area contributed by atoms with Crippen molar-refractivity contribution in [1.82, 2.24) is 20.4 Å². The van der Waals surface area contributed by atoms with Gasteiger partial charge in [-0.2, -0.15) is 13.5 Å². The summed E-state index contributed by atoms with van der Waals surface area (Å²) in [5.74, 6) is -0.329. The van der Waals surface area contributed by atoms with Gasteiger partial charge in [-0.25, -0.2) is 9.80 Å². The maximum atomic E-state index is 12.5. The number of nitrogens with zero attached hydrogens (tertiary/aromatic N) is 3. The van der Waals surface area contributed by atoms with Gasteiger partial charge in [-0.1, -0.05) is 0 Å². The maximum absolute atomic E-state index is 12.5. The Hall–Kier alpha value is -1.47. The van der Waals surface area contributed by atoms with Gasteiger partial charge in [0.1, 0.15) is 6.04 Å². The number of nitrogens with two attached hydrogens (primary N) is 1. The van der Waals surface area contributed by atoms with Crippen molar-refractivity contribution in [3.63, 3.8) is 0 Å². The van der Waals surface area contributed by atoms with Crippen molar-refractivity contribution in [2.45, 2.75) is 43.8 Å². The molecule has 0 aliphatic carbocycles. The predicted octanol–water partition coefficient (Wildman–Crippen LogP) is -1.56. The van der Waals surface area contributed by atoms with E-state index in [1.54, 1.807) is 5.01 Å². The Bertz CT molecular complexity index is 627. The number of nitrogens with one attached hydrogen (secondary N) is 1. The molecule has 3 amide bonds. The third kappa shape index (κ3) is 3.62. The van der Waals surface area contributed by atoms with E-state index in [1.165, 1.54) is 4.90 Å². The van der Waals surface area contributed by atoms with E-state index in [2.05, 4.69) is 9.71 Å². The third-order valence-electron chi connectivity index (χ3n) is 4.53. The fourth-order valence-electron chi connectivity index (χ4n) is 3.45. The van der Waals surface area contributed by atoms with Gasteiger partial charge in [0, 0.05) is 25.7 Å². The minimum atomic E-state index is -4.79. The van der Waals surface area contributed by atoms with Crippen LogP contribution in [0.1, 0.15) is 25.7 Å². The molecule has 4 N–H and O–H groups in total. The van der Waals surface area contributed by atoms with Gasteiger partial charge in [-0.05, 0) is 25.7 Å². The monoisotopic (exact) mass is 363 g/mol.